The van der Waals surface area contributed by atoms with Crippen molar-refractivity contribution in [1.29, 1.82) is 0 Å². The summed E-state index contributed by atoms with van der Waals surface area (Å²) in [6.07, 6.45) is 3.35. The van der Waals surface area contributed by atoms with Crippen LogP contribution < -0.4 is 22.1 Å². The Hall–Kier alpha value is -2.55. The zero-order chi connectivity index (χ0) is 19.7. The molecule has 0 aliphatic carbocycles. The predicted octanol–water partition coefficient (Wildman–Crippen LogP) is 1.65. The van der Waals surface area contributed by atoms with Gasteiger partial charge in [-0.05, 0) is 39.8 Å². The molecule has 26 heavy (non-hydrogen) atoms. The monoisotopic (exact) mass is 381 g/mol. The highest BCUT2D eigenvalue weighted by Crippen LogP contribution is 2.10. The van der Waals surface area contributed by atoms with Gasteiger partial charge in [-0.2, -0.15) is 0 Å². The van der Waals surface area contributed by atoms with Crippen molar-refractivity contribution in [2.24, 2.45) is 11.5 Å². The van der Waals surface area contributed by atoms with Crippen LogP contribution in [0.25, 0.3) is 0 Å². The summed E-state index contributed by atoms with van der Waals surface area (Å²) >= 11 is 1.36. The number of carbonyl (C=O) groups is 2. The Morgan fingerprint density at radius 2 is 1.96 bits per heavy atom. The van der Waals surface area contributed by atoms with E-state index in [1.54, 1.807) is 45.2 Å². The van der Waals surface area contributed by atoms with Gasteiger partial charge in [0, 0.05) is 29.7 Å². The lowest BCUT2D eigenvalue weighted by molar-refractivity contribution is 0.0528. The molecular weight excluding hydrogens is 354 g/mol. The first-order valence-corrected chi connectivity index (χ1v) is 9.02. The van der Waals surface area contributed by atoms with Crippen LogP contribution in [0.5, 0.6) is 0 Å². The second kappa shape index (κ2) is 9.81. The molecule has 0 radical (unpaired) electrons. The van der Waals surface area contributed by atoms with Crippen LogP contribution in [0.1, 0.15) is 43.2 Å². The van der Waals surface area contributed by atoms with Crippen LogP contribution in [0.3, 0.4) is 0 Å². The average Bonchev–Trinajstić information content (AvgIpc) is 2.97. The van der Waals surface area contributed by atoms with Crippen LogP contribution in [-0.4, -0.2) is 35.7 Å². The van der Waals surface area contributed by atoms with E-state index in [4.69, 9.17) is 16.2 Å². The van der Waals surface area contributed by atoms with Crippen molar-refractivity contribution in [2.45, 2.75) is 39.7 Å². The van der Waals surface area contributed by atoms with E-state index in [0.717, 1.165) is 5.01 Å². The molecule has 0 saturated carbocycles. The summed E-state index contributed by atoms with van der Waals surface area (Å²) < 4.78 is 5.15. The number of alkyl carbamates (subject to hydrolysis) is 1. The standard InChI is InChI=1S/C17H27N5O3S/c1-11(18)5-6-12(19)9-21-15(23)13-10-26-14(22-13)7-8-20-16(24)25-17(2,3)4/h5-6,10H,7-9,18-19H2,1-4H3,(H,20,24)(H,21,23)/b11-5-,12-6-. The van der Waals surface area contributed by atoms with Crippen molar-refractivity contribution in [2.75, 3.05) is 13.1 Å². The van der Waals surface area contributed by atoms with Gasteiger partial charge in [0.1, 0.15) is 11.3 Å². The Morgan fingerprint density at radius 3 is 2.58 bits per heavy atom. The summed E-state index contributed by atoms with van der Waals surface area (Å²) in [5, 5.41) is 7.76. The quantitative estimate of drug-likeness (QED) is 0.531. The fourth-order valence-corrected chi connectivity index (χ4v) is 2.46. The molecule has 0 aromatic carbocycles. The molecule has 1 rings (SSSR count). The number of nitrogens with two attached hydrogens (primary N) is 2. The molecule has 1 aromatic rings. The lowest BCUT2D eigenvalue weighted by atomic mass is 10.2. The highest BCUT2D eigenvalue weighted by Gasteiger charge is 2.16. The van der Waals surface area contributed by atoms with Gasteiger partial charge in [0.15, 0.2) is 0 Å². The minimum atomic E-state index is -0.536. The van der Waals surface area contributed by atoms with E-state index in [1.165, 1.54) is 11.3 Å². The number of nitrogens with zero attached hydrogens (tertiary/aromatic N) is 1. The number of thiazole rings is 1. The van der Waals surface area contributed by atoms with Crippen LogP contribution in [0.4, 0.5) is 4.79 Å². The second-order valence-corrected chi connectivity index (χ2v) is 7.58. The first-order valence-electron chi connectivity index (χ1n) is 8.14. The number of amides is 2. The molecule has 0 fully saturated rings. The molecule has 0 spiro atoms. The first-order chi connectivity index (χ1) is 12.1. The zero-order valence-corrected chi connectivity index (χ0v) is 16.4. The van der Waals surface area contributed by atoms with E-state index in [1.807, 2.05) is 0 Å². The number of hydrogen-bond donors (Lipinski definition) is 4. The molecule has 8 nitrogen and oxygen atoms in total. The lowest BCUT2D eigenvalue weighted by Crippen LogP contribution is -2.33. The molecule has 0 atom stereocenters. The number of rotatable bonds is 7. The van der Waals surface area contributed by atoms with E-state index in [9.17, 15) is 9.59 Å². The highest BCUT2D eigenvalue weighted by atomic mass is 32.1. The van der Waals surface area contributed by atoms with Crippen LogP contribution in [0, 0.1) is 0 Å². The van der Waals surface area contributed by atoms with Gasteiger partial charge >= 0.3 is 6.09 Å². The van der Waals surface area contributed by atoms with Crippen molar-refractivity contribution in [3.05, 3.63) is 39.6 Å². The van der Waals surface area contributed by atoms with Gasteiger partial charge in [-0.1, -0.05) is 0 Å². The van der Waals surface area contributed by atoms with Gasteiger partial charge in [-0.25, -0.2) is 9.78 Å². The predicted molar refractivity (Wildman–Crippen MR) is 103 cm³/mol. The molecule has 0 aliphatic rings. The van der Waals surface area contributed by atoms with Gasteiger partial charge in [-0.3, -0.25) is 4.79 Å². The summed E-state index contributed by atoms with van der Waals surface area (Å²) in [4.78, 5) is 27.9. The molecule has 0 bridgehead atoms. The molecule has 2 amide bonds. The van der Waals surface area contributed by atoms with E-state index >= 15 is 0 Å². The van der Waals surface area contributed by atoms with Crippen LogP contribution in [0.2, 0.25) is 0 Å². The van der Waals surface area contributed by atoms with Crippen molar-refractivity contribution < 1.29 is 14.3 Å². The average molecular weight is 382 g/mol. The van der Waals surface area contributed by atoms with E-state index in [0.29, 0.717) is 30.1 Å². The minimum absolute atomic E-state index is 0.204. The van der Waals surface area contributed by atoms with Gasteiger partial charge in [0.25, 0.3) is 5.91 Å². The maximum atomic E-state index is 12.1. The number of hydrogen-bond acceptors (Lipinski definition) is 7. The molecule has 1 aromatic heterocycles. The first kappa shape index (κ1) is 21.5. The van der Waals surface area contributed by atoms with Gasteiger partial charge < -0.3 is 26.8 Å². The Kier molecular flexibility index (Phi) is 8.11. The number of nitrogens with one attached hydrogen (secondary N) is 2. The molecular formula is C17H27N5O3S. The number of ether oxygens (including phenoxy) is 1. The lowest BCUT2D eigenvalue weighted by Gasteiger charge is -2.19. The maximum absolute atomic E-state index is 12.1. The number of carbonyl (C=O) groups excluding carboxylic acids is 2. The third-order valence-electron chi connectivity index (χ3n) is 2.80. The van der Waals surface area contributed by atoms with Crippen molar-refractivity contribution >= 4 is 23.3 Å². The summed E-state index contributed by atoms with van der Waals surface area (Å²) in [5.41, 5.74) is 12.2. The van der Waals surface area contributed by atoms with Crippen LogP contribution in [-0.2, 0) is 11.2 Å². The molecule has 0 aliphatic heterocycles. The number of aromatic nitrogens is 1. The van der Waals surface area contributed by atoms with Gasteiger partial charge in [0.2, 0.25) is 0 Å². The summed E-state index contributed by atoms with van der Waals surface area (Å²) in [5.74, 6) is -0.308. The Balaban J connectivity index is 2.42. The van der Waals surface area contributed by atoms with E-state index in [-0.39, 0.29) is 12.5 Å². The minimum Gasteiger partial charge on any atom is -0.444 e. The summed E-state index contributed by atoms with van der Waals surface area (Å²) in [6, 6.07) is 0. The molecule has 1 heterocycles. The third kappa shape index (κ3) is 9.07. The molecule has 9 heteroatoms. The van der Waals surface area contributed by atoms with Crippen LogP contribution in [0.15, 0.2) is 28.9 Å². The zero-order valence-electron chi connectivity index (χ0n) is 15.6. The van der Waals surface area contributed by atoms with Crippen molar-refractivity contribution in [1.82, 2.24) is 15.6 Å². The smallest absolute Gasteiger partial charge is 0.407 e. The van der Waals surface area contributed by atoms with Gasteiger partial charge in [0.05, 0.1) is 11.6 Å². The maximum Gasteiger partial charge on any atom is 0.407 e. The van der Waals surface area contributed by atoms with Crippen LogP contribution >= 0.6 is 11.3 Å². The van der Waals surface area contributed by atoms with E-state index < -0.39 is 11.7 Å². The highest BCUT2D eigenvalue weighted by molar-refractivity contribution is 7.09. The Labute approximate surface area is 157 Å². The van der Waals surface area contributed by atoms with Gasteiger partial charge in [-0.15, -0.1) is 11.3 Å². The second-order valence-electron chi connectivity index (χ2n) is 6.64. The SMILES string of the molecule is C/C(N)=C/C=C(\N)CNC(=O)c1csc(CCNC(=O)OC(C)(C)C)n1. The Bertz CT molecular complexity index is 685. The molecule has 144 valence electrons. The molecule has 6 N–H and O–H groups in total. The van der Waals surface area contributed by atoms with Crippen molar-refractivity contribution in [3.8, 4) is 0 Å². The number of allylic oxidation sites excluding steroid dienone is 3. The van der Waals surface area contributed by atoms with E-state index in [2.05, 4.69) is 15.6 Å². The fraction of sp³-hybridized carbons (Fsp3) is 0.471. The third-order valence-corrected chi connectivity index (χ3v) is 3.71. The summed E-state index contributed by atoms with van der Waals surface area (Å²) in [7, 11) is 0. The normalized spacial score (nSPS) is 12.6. The topological polar surface area (TPSA) is 132 Å². The Morgan fingerprint density at radius 1 is 1.27 bits per heavy atom. The molecule has 0 saturated heterocycles. The van der Waals surface area contributed by atoms with Crippen molar-refractivity contribution in [3.63, 3.8) is 0 Å². The largest absolute Gasteiger partial charge is 0.444 e. The summed E-state index contributed by atoms with van der Waals surface area (Å²) in [6.45, 7) is 7.73. The fourth-order valence-electron chi connectivity index (χ4n) is 1.69. The molecule has 0 unspecified atom stereocenters.